The molecule has 2 aromatic heterocycles. The van der Waals surface area contributed by atoms with Crippen molar-refractivity contribution in [3.63, 3.8) is 0 Å². The van der Waals surface area contributed by atoms with Gasteiger partial charge in [-0.3, -0.25) is 0 Å². The molecule has 0 spiro atoms. The number of thiazole rings is 1. The first-order chi connectivity index (χ1) is 20.6. The van der Waals surface area contributed by atoms with E-state index in [1.54, 1.807) is 18.4 Å². The number of aromatic nitrogens is 1. The van der Waals surface area contributed by atoms with Crippen LogP contribution in [0.4, 0.5) is 37.9 Å². The number of benzene rings is 2. The molecule has 5 rings (SSSR count). The average Bonchev–Trinajstić information content (AvgIpc) is 3.78. The fourth-order valence-corrected chi connectivity index (χ4v) is 5.81. The number of aryl methyl sites for hydroxylation is 2. The van der Waals surface area contributed by atoms with Crippen LogP contribution in [-0.4, -0.2) is 38.4 Å². The predicted molar refractivity (Wildman–Crippen MR) is 169 cm³/mol. The van der Waals surface area contributed by atoms with E-state index >= 15 is 0 Å². The van der Waals surface area contributed by atoms with Gasteiger partial charge in [0.25, 0.3) is 0 Å². The smallest absolute Gasteiger partial charge is 0.230 e. The van der Waals surface area contributed by atoms with Crippen molar-refractivity contribution in [2.75, 3.05) is 38.3 Å². The van der Waals surface area contributed by atoms with E-state index in [-0.39, 0.29) is 0 Å². The molecule has 2 aromatic carbocycles. The SMILES string of the molecule is COCCCOCc1csc(N=Nc2ccc(N=Nc3ccc(N=Nc4ccc(N5CCCC5)s4)cc3C)cc2C)n1. The number of hydrogen-bond acceptors (Lipinski definition) is 12. The van der Waals surface area contributed by atoms with Gasteiger partial charge in [-0.05, 0) is 92.8 Å². The van der Waals surface area contributed by atoms with Gasteiger partial charge in [-0.1, -0.05) is 11.3 Å². The highest BCUT2D eigenvalue weighted by Crippen LogP contribution is 2.35. The van der Waals surface area contributed by atoms with Crippen LogP contribution >= 0.6 is 22.7 Å². The van der Waals surface area contributed by atoms with Crippen molar-refractivity contribution < 1.29 is 9.47 Å². The lowest BCUT2D eigenvalue weighted by molar-refractivity contribution is 0.0913. The zero-order valence-corrected chi connectivity index (χ0v) is 25.7. The Bertz CT molecular complexity index is 1560. The van der Waals surface area contributed by atoms with E-state index in [0.29, 0.717) is 25.0 Å². The zero-order chi connectivity index (χ0) is 29.1. The topological polar surface area (TPSA) is 109 Å². The second-order valence-corrected chi connectivity index (χ2v) is 11.7. The summed E-state index contributed by atoms with van der Waals surface area (Å²) < 4.78 is 10.6. The summed E-state index contributed by atoms with van der Waals surface area (Å²) in [4.78, 5) is 6.88. The monoisotopic (exact) mass is 602 g/mol. The van der Waals surface area contributed by atoms with E-state index < -0.39 is 0 Å². The standard InChI is InChI=1S/C30H34N8O2S2/c1-21-18-24(33-36-28-11-12-29(42-28)38-13-4-5-14-38)8-9-26(21)34-32-23-7-10-27(22(2)17-23)35-37-30-31-25(20-41-30)19-40-16-6-15-39-3/h7-12,17-18,20H,4-6,13-16,19H2,1-3H3. The van der Waals surface area contributed by atoms with Crippen LogP contribution in [0.15, 0.2) is 84.6 Å². The third-order valence-electron chi connectivity index (χ3n) is 6.56. The third kappa shape index (κ3) is 8.41. The molecule has 12 heteroatoms. The summed E-state index contributed by atoms with van der Waals surface area (Å²) in [5, 5.41) is 31.1. The van der Waals surface area contributed by atoms with Gasteiger partial charge in [0.1, 0.15) is 5.00 Å². The lowest BCUT2D eigenvalue weighted by atomic mass is 10.2. The zero-order valence-electron chi connectivity index (χ0n) is 24.1. The van der Waals surface area contributed by atoms with Gasteiger partial charge < -0.3 is 14.4 Å². The predicted octanol–water partition coefficient (Wildman–Crippen LogP) is 10.2. The van der Waals surface area contributed by atoms with Gasteiger partial charge in [-0.2, -0.15) is 10.2 Å². The quantitative estimate of drug-likeness (QED) is 0.112. The summed E-state index contributed by atoms with van der Waals surface area (Å²) in [6, 6.07) is 15.7. The first kappa shape index (κ1) is 29.8. The lowest BCUT2D eigenvalue weighted by Gasteiger charge is -2.13. The lowest BCUT2D eigenvalue weighted by Crippen LogP contribution is -2.15. The van der Waals surface area contributed by atoms with E-state index in [0.717, 1.165) is 64.1 Å². The second kappa shape index (κ2) is 15.0. The molecule has 0 bridgehead atoms. The molecule has 0 radical (unpaired) electrons. The van der Waals surface area contributed by atoms with E-state index in [9.17, 15) is 0 Å². The van der Waals surface area contributed by atoms with Crippen LogP contribution in [0.5, 0.6) is 0 Å². The Hall–Kier alpha value is -3.71. The number of nitrogens with zero attached hydrogens (tertiary/aromatic N) is 8. The molecule has 0 amide bonds. The van der Waals surface area contributed by atoms with E-state index in [2.05, 4.69) is 46.6 Å². The van der Waals surface area contributed by atoms with Gasteiger partial charge in [-0.15, -0.1) is 31.8 Å². The Labute approximate surface area is 253 Å². The number of ether oxygens (including phenoxy) is 2. The van der Waals surface area contributed by atoms with Gasteiger partial charge in [0.05, 0.1) is 40.1 Å². The van der Waals surface area contributed by atoms with Crippen LogP contribution in [0, 0.1) is 13.8 Å². The summed E-state index contributed by atoms with van der Waals surface area (Å²) in [6.45, 7) is 8.00. The molecule has 3 heterocycles. The minimum Gasteiger partial charge on any atom is -0.385 e. The van der Waals surface area contributed by atoms with E-state index in [4.69, 9.17) is 9.47 Å². The minimum absolute atomic E-state index is 0.454. The van der Waals surface area contributed by atoms with Crippen molar-refractivity contribution in [2.45, 2.75) is 39.7 Å². The normalized spacial score (nSPS) is 13.9. The highest BCUT2D eigenvalue weighted by atomic mass is 32.1. The van der Waals surface area contributed by atoms with Crippen molar-refractivity contribution >= 4 is 60.6 Å². The van der Waals surface area contributed by atoms with Gasteiger partial charge in [-0.25, -0.2) is 4.98 Å². The molecule has 42 heavy (non-hydrogen) atoms. The van der Waals surface area contributed by atoms with Crippen molar-refractivity contribution in [2.24, 2.45) is 30.7 Å². The van der Waals surface area contributed by atoms with Gasteiger partial charge >= 0.3 is 0 Å². The molecular weight excluding hydrogens is 569 g/mol. The maximum absolute atomic E-state index is 5.60. The molecule has 0 unspecified atom stereocenters. The Balaban J connectivity index is 1.15. The molecule has 1 saturated heterocycles. The average molecular weight is 603 g/mol. The van der Waals surface area contributed by atoms with Crippen LogP contribution in [0.25, 0.3) is 0 Å². The Morgan fingerprint density at radius 3 is 2.19 bits per heavy atom. The minimum atomic E-state index is 0.454. The summed E-state index contributed by atoms with van der Waals surface area (Å²) in [5.74, 6) is 0. The molecule has 1 aliphatic heterocycles. The first-order valence-electron chi connectivity index (χ1n) is 13.9. The van der Waals surface area contributed by atoms with Crippen LogP contribution in [0.3, 0.4) is 0 Å². The fraction of sp³-hybridized carbons (Fsp3) is 0.367. The first-order valence-corrected chi connectivity index (χ1v) is 15.6. The largest absolute Gasteiger partial charge is 0.385 e. The highest BCUT2D eigenvalue weighted by Gasteiger charge is 2.14. The fourth-order valence-electron chi connectivity index (χ4n) is 4.31. The van der Waals surface area contributed by atoms with Crippen LogP contribution in [0.2, 0.25) is 0 Å². The number of hydrogen-bond donors (Lipinski definition) is 0. The molecule has 10 nitrogen and oxygen atoms in total. The summed E-state index contributed by atoms with van der Waals surface area (Å²) >= 11 is 3.12. The third-order valence-corrected chi connectivity index (χ3v) is 8.37. The molecule has 0 saturated carbocycles. The Morgan fingerprint density at radius 2 is 1.50 bits per heavy atom. The Morgan fingerprint density at radius 1 is 0.810 bits per heavy atom. The van der Waals surface area contributed by atoms with Crippen molar-refractivity contribution in [1.29, 1.82) is 0 Å². The maximum Gasteiger partial charge on any atom is 0.230 e. The summed E-state index contributed by atoms with van der Waals surface area (Å²) in [6.07, 6.45) is 3.38. The summed E-state index contributed by atoms with van der Waals surface area (Å²) in [5.41, 5.74) is 5.83. The Kier molecular flexibility index (Phi) is 10.6. The molecule has 1 fully saturated rings. The number of anilines is 1. The molecule has 0 aliphatic carbocycles. The molecule has 0 N–H and O–H groups in total. The van der Waals surface area contributed by atoms with E-state index in [1.807, 2.05) is 61.7 Å². The van der Waals surface area contributed by atoms with Gasteiger partial charge in [0.2, 0.25) is 5.13 Å². The van der Waals surface area contributed by atoms with Gasteiger partial charge in [0, 0.05) is 38.8 Å². The maximum atomic E-state index is 5.60. The highest BCUT2D eigenvalue weighted by molar-refractivity contribution is 7.19. The van der Waals surface area contributed by atoms with Crippen LogP contribution in [-0.2, 0) is 16.1 Å². The number of thiophene rings is 1. The van der Waals surface area contributed by atoms with Crippen LogP contribution < -0.4 is 4.90 Å². The van der Waals surface area contributed by atoms with Crippen molar-refractivity contribution in [1.82, 2.24) is 4.98 Å². The second-order valence-electron chi connectivity index (χ2n) is 9.87. The molecule has 1 aliphatic rings. The van der Waals surface area contributed by atoms with Gasteiger partial charge in [0.15, 0.2) is 0 Å². The van der Waals surface area contributed by atoms with E-state index in [1.165, 1.54) is 29.2 Å². The number of rotatable bonds is 13. The van der Waals surface area contributed by atoms with Crippen molar-refractivity contribution in [3.05, 3.63) is 70.7 Å². The molecular formula is C30H34N8O2S2. The van der Waals surface area contributed by atoms with Crippen molar-refractivity contribution in [3.8, 4) is 0 Å². The number of methoxy groups -OCH3 is 1. The van der Waals surface area contributed by atoms with Crippen LogP contribution in [0.1, 0.15) is 36.1 Å². The molecule has 4 aromatic rings. The number of azo groups is 3. The molecule has 0 atom stereocenters. The molecule has 218 valence electrons. The summed E-state index contributed by atoms with van der Waals surface area (Å²) in [7, 11) is 1.68.